The molecule has 3 N–H and O–H groups in total. The van der Waals surface area contributed by atoms with E-state index in [1.54, 1.807) is 6.07 Å². The van der Waals surface area contributed by atoms with Crippen LogP contribution in [0, 0.1) is 0 Å². The molecular formula is C13H11N3O2S. The first-order chi connectivity index (χ1) is 9.22. The Morgan fingerprint density at radius 1 is 1.21 bits per heavy atom. The van der Waals surface area contributed by atoms with E-state index >= 15 is 0 Å². The van der Waals surface area contributed by atoms with Crippen molar-refractivity contribution in [3.05, 3.63) is 56.6 Å². The summed E-state index contributed by atoms with van der Waals surface area (Å²) >= 11 is 1.49. The van der Waals surface area contributed by atoms with Gasteiger partial charge in [-0.15, -0.1) is 0 Å². The molecule has 1 amide bonds. The standard InChI is InChI=1S/C13H11N3O2S/c17-12(9-3-4-19-7-9)14-6-8-1-2-10-11(5-8)16-13(18)15-10/h1-5,7H,6H2,(H,14,17)(H2,15,16,18). The van der Waals surface area contributed by atoms with Gasteiger partial charge >= 0.3 is 5.69 Å². The Balaban J connectivity index is 1.74. The summed E-state index contributed by atoms with van der Waals surface area (Å²) < 4.78 is 0. The lowest BCUT2D eigenvalue weighted by atomic mass is 10.2. The van der Waals surface area contributed by atoms with Crippen LogP contribution in [0.1, 0.15) is 15.9 Å². The fourth-order valence-electron chi connectivity index (χ4n) is 1.87. The Bertz CT molecular complexity index is 771. The average Bonchev–Trinajstić information content (AvgIpc) is 3.03. The number of aromatic nitrogens is 2. The number of imidazole rings is 1. The molecule has 0 fully saturated rings. The predicted octanol–water partition coefficient (Wildman–Crippen LogP) is 1.85. The number of nitrogens with one attached hydrogen (secondary N) is 3. The van der Waals surface area contributed by atoms with Crippen molar-refractivity contribution in [1.82, 2.24) is 15.3 Å². The minimum Gasteiger partial charge on any atom is -0.348 e. The predicted molar refractivity (Wildman–Crippen MR) is 74.4 cm³/mol. The highest BCUT2D eigenvalue weighted by Crippen LogP contribution is 2.10. The topological polar surface area (TPSA) is 77.8 Å². The zero-order valence-corrected chi connectivity index (χ0v) is 10.7. The van der Waals surface area contributed by atoms with Crippen molar-refractivity contribution in [2.24, 2.45) is 0 Å². The maximum Gasteiger partial charge on any atom is 0.323 e. The number of hydrogen-bond donors (Lipinski definition) is 3. The third-order valence-electron chi connectivity index (χ3n) is 2.82. The van der Waals surface area contributed by atoms with E-state index in [1.807, 2.05) is 29.0 Å². The highest BCUT2D eigenvalue weighted by Gasteiger charge is 2.06. The van der Waals surface area contributed by atoms with Crippen molar-refractivity contribution in [2.75, 3.05) is 0 Å². The quantitative estimate of drug-likeness (QED) is 0.681. The molecule has 0 radical (unpaired) electrons. The van der Waals surface area contributed by atoms with E-state index in [4.69, 9.17) is 0 Å². The highest BCUT2D eigenvalue weighted by molar-refractivity contribution is 7.08. The number of fused-ring (bicyclic) bond motifs is 1. The third-order valence-corrected chi connectivity index (χ3v) is 3.50. The minimum absolute atomic E-state index is 0.0936. The highest BCUT2D eigenvalue weighted by atomic mass is 32.1. The van der Waals surface area contributed by atoms with Crippen LogP contribution in [-0.4, -0.2) is 15.9 Å². The molecule has 3 rings (SSSR count). The lowest BCUT2D eigenvalue weighted by Gasteiger charge is -2.04. The Labute approximate surface area is 112 Å². The van der Waals surface area contributed by atoms with Gasteiger partial charge in [0, 0.05) is 17.5 Å². The molecule has 0 unspecified atom stereocenters. The number of carbonyl (C=O) groups excluding carboxylic acids is 1. The summed E-state index contributed by atoms with van der Waals surface area (Å²) in [5, 5.41) is 6.51. The van der Waals surface area contributed by atoms with Crippen LogP contribution in [0.4, 0.5) is 0 Å². The van der Waals surface area contributed by atoms with Crippen LogP contribution < -0.4 is 11.0 Å². The molecule has 0 bridgehead atoms. The van der Waals surface area contributed by atoms with Gasteiger partial charge in [-0.05, 0) is 29.1 Å². The largest absolute Gasteiger partial charge is 0.348 e. The molecule has 2 heterocycles. The number of carbonyl (C=O) groups is 1. The van der Waals surface area contributed by atoms with Crippen LogP contribution in [-0.2, 0) is 6.54 Å². The fourth-order valence-corrected chi connectivity index (χ4v) is 2.50. The van der Waals surface area contributed by atoms with Crippen molar-refractivity contribution in [1.29, 1.82) is 0 Å². The Morgan fingerprint density at radius 3 is 2.84 bits per heavy atom. The van der Waals surface area contributed by atoms with Gasteiger partial charge in [0.05, 0.1) is 11.0 Å². The lowest BCUT2D eigenvalue weighted by molar-refractivity contribution is 0.0951. The van der Waals surface area contributed by atoms with Crippen molar-refractivity contribution >= 4 is 28.3 Å². The second-order valence-corrected chi connectivity index (χ2v) is 4.93. The smallest absolute Gasteiger partial charge is 0.323 e. The molecule has 5 nitrogen and oxygen atoms in total. The lowest BCUT2D eigenvalue weighted by Crippen LogP contribution is -2.22. The second kappa shape index (κ2) is 4.74. The van der Waals surface area contributed by atoms with E-state index in [0.717, 1.165) is 16.6 Å². The molecule has 0 spiro atoms. The van der Waals surface area contributed by atoms with Gasteiger partial charge in [0.2, 0.25) is 0 Å². The average molecular weight is 273 g/mol. The van der Waals surface area contributed by atoms with Gasteiger partial charge in [-0.2, -0.15) is 11.3 Å². The molecule has 0 aliphatic heterocycles. The van der Waals surface area contributed by atoms with Gasteiger partial charge in [-0.1, -0.05) is 6.07 Å². The fraction of sp³-hybridized carbons (Fsp3) is 0.0769. The maximum atomic E-state index is 11.8. The molecule has 6 heteroatoms. The molecular weight excluding hydrogens is 262 g/mol. The number of aromatic amines is 2. The van der Waals surface area contributed by atoms with E-state index in [2.05, 4.69) is 15.3 Å². The van der Waals surface area contributed by atoms with Gasteiger partial charge in [0.15, 0.2) is 0 Å². The van der Waals surface area contributed by atoms with E-state index < -0.39 is 0 Å². The summed E-state index contributed by atoms with van der Waals surface area (Å²) in [4.78, 5) is 28.3. The van der Waals surface area contributed by atoms with Crippen LogP contribution in [0.25, 0.3) is 11.0 Å². The Morgan fingerprint density at radius 2 is 2.05 bits per heavy atom. The first-order valence-electron chi connectivity index (χ1n) is 5.74. The summed E-state index contributed by atoms with van der Waals surface area (Å²) in [6.45, 7) is 0.428. The van der Waals surface area contributed by atoms with Crippen LogP contribution in [0.2, 0.25) is 0 Å². The summed E-state index contributed by atoms with van der Waals surface area (Å²) in [5.41, 5.74) is 2.88. The zero-order chi connectivity index (χ0) is 13.2. The zero-order valence-electron chi connectivity index (χ0n) is 9.90. The molecule has 96 valence electrons. The molecule has 3 aromatic rings. The molecule has 0 saturated carbocycles. The van der Waals surface area contributed by atoms with Crippen molar-refractivity contribution in [2.45, 2.75) is 6.54 Å². The van der Waals surface area contributed by atoms with Gasteiger partial charge in [0.1, 0.15) is 0 Å². The molecule has 2 aromatic heterocycles. The second-order valence-electron chi connectivity index (χ2n) is 4.15. The molecule has 0 aliphatic carbocycles. The molecule has 1 aromatic carbocycles. The summed E-state index contributed by atoms with van der Waals surface area (Å²) in [6, 6.07) is 7.33. The normalized spacial score (nSPS) is 10.7. The van der Waals surface area contributed by atoms with Crippen LogP contribution >= 0.6 is 11.3 Å². The number of hydrogen-bond acceptors (Lipinski definition) is 3. The van der Waals surface area contributed by atoms with Crippen molar-refractivity contribution in [3.8, 4) is 0 Å². The SMILES string of the molecule is O=C(NCc1ccc2[nH]c(=O)[nH]c2c1)c1ccsc1. The first-order valence-corrected chi connectivity index (χ1v) is 6.68. The third kappa shape index (κ3) is 2.43. The van der Waals surface area contributed by atoms with Gasteiger partial charge in [0.25, 0.3) is 5.91 Å². The molecule has 0 saturated heterocycles. The van der Waals surface area contributed by atoms with Gasteiger partial charge in [-0.25, -0.2) is 4.79 Å². The van der Waals surface area contributed by atoms with E-state index in [0.29, 0.717) is 12.1 Å². The minimum atomic E-state index is -0.227. The maximum absolute atomic E-state index is 11.8. The van der Waals surface area contributed by atoms with Crippen LogP contribution in [0.5, 0.6) is 0 Å². The van der Waals surface area contributed by atoms with E-state index in [-0.39, 0.29) is 11.6 Å². The Hall–Kier alpha value is -2.34. The number of rotatable bonds is 3. The van der Waals surface area contributed by atoms with Crippen LogP contribution in [0.3, 0.4) is 0 Å². The number of H-pyrrole nitrogens is 2. The van der Waals surface area contributed by atoms with Crippen LogP contribution in [0.15, 0.2) is 39.8 Å². The number of thiophene rings is 1. The van der Waals surface area contributed by atoms with Crippen molar-refractivity contribution in [3.63, 3.8) is 0 Å². The number of benzene rings is 1. The molecule has 0 aliphatic rings. The van der Waals surface area contributed by atoms with Gasteiger partial charge < -0.3 is 15.3 Å². The summed E-state index contributed by atoms with van der Waals surface area (Å²) in [5.74, 6) is -0.0936. The van der Waals surface area contributed by atoms with E-state index in [1.165, 1.54) is 11.3 Å². The molecule has 0 atom stereocenters. The van der Waals surface area contributed by atoms with E-state index in [9.17, 15) is 9.59 Å². The summed E-state index contributed by atoms with van der Waals surface area (Å²) in [7, 11) is 0. The van der Waals surface area contributed by atoms with Crippen molar-refractivity contribution < 1.29 is 4.79 Å². The Kier molecular flexibility index (Phi) is 2.92. The first kappa shape index (κ1) is 11.7. The van der Waals surface area contributed by atoms with Gasteiger partial charge in [-0.3, -0.25) is 4.79 Å². The molecule has 19 heavy (non-hydrogen) atoms. The summed E-state index contributed by atoms with van der Waals surface area (Å²) in [6.07, 6.45) is 0. The number of amides is 1. The monoisotopic (exact) mass is 273 g/mol.